The number of esters is 1. The molecule has 0 radical (unpaired) electrons. The topological polar surface area (TPSA) is 26.3 Å². The maximum absolute atomic E-state index is 11.0. The highest BCUT2D eigenvalue weighted by molar-refractivity contribution is 9.09. The highest BCUT2D eigenvalue weighted by atomic mass is 79.9. The number of halogens is 1. The Hall–Kier alpha value is -0.0500. The number of carbonyl (C=O) groups is 1. The lowest BCUT2D eigenvalue weighted by atomic mass is 9.90. The van der Waals surface area contributed by atoms with E-state index < -0.39 is 0 Å². The summed E-state index contributed by atoms with van der Waals surface area (Å²) < 4.78 is 5.11. The van der Waals surface area contributed by atoms with Gasteiger partial charge in [-0.25, -0.2) is 0 Å². The Kier molecular flexibility index (Phi) is 1.48. The van der Waals surface area contributed by atoms with Gasteiger partial charge in [0.2, 0.25) is 0 Å². The number of ether oxygens (including phenoxy) is 1. The molecule has 10 heavy (non-hydrogen) atoms. The van der Waals surface area contributed by atoms with Crippen LogP contribution in [0.2, 0.25) is 0 Å². The Labute approximate surface area is 68.1 Å². The van der Waals surface area contributed by atoms with Crippen molar-refractivity contribution in [2.45, 2.75) is 30.2 Å². The zero-order chi connectivity index (χ0) is 7.14. The molecule has 3 heteroatoms. The Bertz CT molecular complexity index is 169. The molecule has 0 aromatic rings. The third-order valence-corrected chi connectivity index (χ3v) is 3.36. The van der Waals surface area contributed by atoms with Crippen molar-refractivity contribution < 1.29 is 9.53 Å². The third kappa shape index (κ3) is 0.875. The molecule has 56 valence electrons. The summed E-state index contributed by atoms with van der Waals surface area (Å²) >= 11 is 3.49. The average molecular weight is 205 g/mol. The van der Waals surface area contributed by atoms with Crippen LogP contribution in [0.4, 0.5) is 0 Å². The second kappa shape index (κ2) is 2.22. The van der Waals surface area contributed by atoms with Crippen molar-refractivity contribution in [3.8, 4) is 0 Å². The molecule has 1 heterocycles. The van der Waals surface area contributed by atoms with Crippen molar-refractivity contribution in [1.82, 2.24) is 0 Å². The fourth-order valence-electron chi connectivity index (χ4n) is 1.67. The minimum atomic E-state index is 0.0203. The van der Waals surface area contributed by atoms with E-state index in [-0.39, 0.29) is 18.0 Å². The molecule has 1 saturated heterocycles. The van der Waals surface area contributed by atoms with Gasteiger partial charge in [-0.3, -0.25) is 4.79 Å². The van der Waals surface area contributed by atoms with E-state index in [4.69, 9.17) is 4.74 Å². The van der Waals surface area contributed by atoms with Crippen molar-refractivity contribution >= 4 is 21.9 Å². The SMILES string of the molecule is O=C1OC2C[C@H]1CC[C@@H]2Br. The van der Waals surface area contributed by atoms with E-state index >= 15 is 0 Å². The molecule has 0 amide bonds. The van der Waals surface area contributed by atoms with Crippen LogP contribution in [0.5, 0.6) is 0 Å². The molecular formula is C7H9BrO2. The predicted molar refractivity (Wildman–Crippen MR) is 39.9 cm³/mol. The van der Waals surface area contributed by atoms with Crippen LogP contribution in [0, 0.1) is 5.92 Å². The van der Waals surface area contributed by atoms with Gasteiger partial charge in [0.25, 0.3) is 0 Å². The van der Waals surface area contributed by atoms with E-state index in [1.165, 1.54) is 0 Å². The van der Waals surface area contributed by atoms with E-state index in [2.05, 4.69) is 15.9 Å². The Morgan fingerprint density at radius 3 is 3.00 bits per heavy atom. The van der Waals surface area contributed by atoms with Gasteiger partial charge in [0.05, 0.1) is 10.7 Å². The van der Waals surface area contributed by atoms with E-state index in [1.54, 1.807) is 0 Å². The summed E-state index contributed by atoms with van der Waals surface area (Å²) in [6.07, 6.45) is 3.20. The average Bonchev–Trinajstić information content (AvgIpc) is 2.21. The minimum absolute atomic E-state index is 0.0203. The maximum Gasteiger partial charge on any atom is 0.309 e. The lowest BCUT2D eigenvalue weighted by Crippen LogP contribution is -2.23. The van der Waals surface area contributed by atoms with E-state index in [0.29, 0.717) is 4.83 Å². The number of hydrogen-bond donors (Lipinski definition) is 0. The predicted octanol–water partition coefficient (Wildman–Crippen LogP) is 1.48. The summed E-state index contributed by atoms with van der Waals surface area (Å²) in [5.41, 5.74) is 0. The van der Waals surface area contributed by atoms with Crippen LogP contribution >= 0.6 is 15.9 Å². The van der Waals surface area contributed by atoms with Crippen LogP contribution < -0.4 is 0 Å². The fraction of sp³-hybridized carbons (Fsp3) is 0.857. The van der Waals surface area contributed by atoms with E-state index in [0.717, 1.165) is 19.3 Å². The summed E-state index contributed by atoms with van der Waals surface area (Å²) in [5.74, 6) is 0.241. The van der Waals surface area contributed by atoms with Gasteiger partial charge in [-0.2, -0.15) is 0 Å². The number of alkyl halides is 1. The molecule has 1 aliphatic heterocycles. The quantitative estimate of drug-likeness (QED) is 0.442. The van der Waals surface area contributed by atoms with Gasteiger partial charge in [-0.1, -0.05) is 15.9 Å². The summed E-state index contributed by atoms with van der Waals surface area (Å²) in [5, 5.41) is 0. The molecule has 2 bridgehead atoms. The zero-order valence-corrected chi connectivity index (χ0v) is 7.13. The van der Waals surface area contributed by atoms with Crippen molar-refractivity contribution in [3.05, 3.63) is 0 Å². The van der Waals surface area contributed by atoms with Gasteiger partial charge < -0.3 is 4.74 Å². The molecular weight excluding hydrogens is 196 g/mol. The first-order chi connectivity index (χ1) is 4.77. The molecule has 3 atom stereocenters. The largest absolute Gasteiger partial charge is 0.461 e. The molecule has 1 unspecified atom stereocenters. The summed E-state index contributed by atoms with van der Waals surface area (Å²) in [4.78, 5) is 11.4. The molecule has 2 fully saturated rings. The fourth-order valence-corrected chi connectivity index (χ4v) is 2.26. The van der Waals surface area contributed by atoms with Crippen LogP contribution in [-0.4, -0.2) is 16.9 Å². The second-order valence-electron chi connectivity index (χ2n) is 3.00. The van der Waals surface area contributed by atoms with Crippen molar-refractivity contribution in [1.29, 1.82) is 0 Å². The molecule has 0 aromatic heterocycles. The third-order valence-electron chi connectivity index (χ3n) is 2.31. The highest BCUT2D eigenvalue weighted by Crippen LogP contribution is 2.37. The second-order valence-corrected chi connectivity index (χ2v) is 4.18. The van der Waals surface area contributed by atoms with Gasteiger partial charge in [-0.05, 0) is 19.3 Å². The molecule has 2 nitrogen and oxygen atoms in total. The van der Waals surface area contributed by atoms with Crippen molar-refractivity contribution in [2.24, 2.45) is 5.92 Å². The molecule has 0 spiro atoms. The Morgan fingerprint density at radius 1 is 1.50 bits per heavy atom. The lowest BCUT2D eigenvalue weighted by Gasteiger charge is -2.19. The molecule has 2 rings (SSSR count). The number of rotatable bonds is 0. The van der Waals surface area contributed by atoms with Crippen LogP contribution in [0.15, 0.2) is 0 Å². The minimum Gasteiger partial charge on any atom is -0.461 e. The Balaban J connectivity index is 2.15. The zero-order valence-electron chi connectivity index (χ0n) is 5.55. The van der Waals surface area contributed by atoms with E-state index in [1.807, 2.05) is 0 Å². The van der Waals surface area contributed by atoms with Gasteiger partial charge in [0.15, 0.2) is 0 Å². The molecule has 1 saturated carbocycles. The first kappa shape index (κ1) is 6.65. The first-order valence-corrected chi connectivity index (χ1v) is 4.53. The normalized spacial score (nSPS) is 45.3. The molecule has 0 aromatic carbocycles. The standard InChI is InChI=1S/C7H9BrO2/c8-5-2-1-4-3-6(5)10-7(4)9/h4-6H,1-3H2/t4-,5+,6?/m1/s1. The number of hydrogen-bond acceptors (Lipinski definition) is 2. The summed E-state index contributed by atoms with van der Waals surface area (Å²) in [7, 11) is 0. The van der Waals surface area contributed by atoms with Gasteiger partial charge in [-0.15, -0.1) is 0 Å². The van der Waals surface area contributed by atoms with Crippen molar-refractivity contribution in [3.63, 3.8) is 0 Å². The molecule has 1 aliphatic carbocycles. The number of carbonyl (C=O) groups excluding carboxylic acids is 1. The summed E-state index contributed by atoms with van der Waals surface area (Å²) in [6, 6.07) is 0. The maximum atomic E-state index is 11.0. The number of fused-ring (bicyclic) bond motifs is 2. The smallest absolute Gasteiger partial charge is 0.309 e. The monoisotopic (exact) mass is 204 g/mol. The highest BCUT2D eigenvalue weighted by Gasteiger charge is 2.41. The molecule has 0 N–H and O–H groups in total. The van der Waals surface area contributed by atoms with Gasteiger partial charge >= 0.3 is 5.97 Å². The first-order valence-electron chi connectivity index (χ1n) is 3.62. The molecule has 2 aliphatic rings. The van der Waals surface area contributed by atoms with Crippen LogP contribution in [-0.2, 0) is 9.53 Å². The van der Waals surface area contributed by atoms with Gasteiger partial charge in [0.1, 0.15) is 6.10 Å². The van der Waals surface area contributed by atoms with Crippen LogP contribution in [0.1, 0.15) is 19.3 Å². The van der Waals surface area contributed by atoms with E-state index in [9.17, 15) is 4.79 Å². The van der Waals surface area contributed by atoms with Gasteiger partial charge in [0, 0.05) is 0 Å². The summed E-state index contributed by atoms with van der Waals surface area (Å²) in [6.45, 7) is 0. The van der Waals surface area contributed by atoms with Crippen molar-refractivity contribution in [2.75, 3.05) is 0 Å². The van der Waals surface area contributed by atoms with Crippen LogP contribution in [0.3, 0.4) is 0 Å². The van der Waals surface area contributed by atoms with Crippen LogP contribution in [0.25, 0.3) is 0 Å². The lowest BCUT2D eigenvalue weighted by molar-refractivity contribution is -0.143. The Morgan fingerprint density at radius 2 is 2.30 bits per heavy atom.